The molecule has 27 heavy (non-hydrogen) atoms. The number of carbonyl (C=O) groups is 1. The van der Waals surface area contributed by atoms with Gasteiger partial charge in [-0.25, -0.2) is 4.79 Å². The van der Waals surface area contributed by atoms with Gasteiger partial charge in [0.2, 0.25) is 0 Å². The predicted octanol–water partition coefficient (Wildman–Crippen LogP) is 5.54. The highest BCUT2D eigenvalue weighted by molar-refractivity contribution is 6.31. The zero-order valence-electron chi connectivity index (χ0n) is 14.9. The lowest BCUT2D eigenvalue weighted by atomic mass is 10.1. The van der Waals surface area contributed by atoms with Crippen molar-refractivity contribution < 1.29 is 14.6 Å². The number of aryl methyl sites for hydroxylation is 1. The van der Waals surface area contributed by atoms with Crippen molar-refractivity contribution in [3.8, 4) is 5.75 Å². The van der Waals surface area contributed by atoms with E-state index in [9.17, 15) is 4.79 Å². The van der Waals surface area contributed by atoms with Crippen LogP contribution in [-0.4, -0.2) is 11.1 Å². The van der Waals surface area contributed by atoms with E-state index in [1.54, 1.807) is 18.2 Å². The second-order valence-corrected chi connectivity index (χ2v) is 6.58. The molecule has 3 aromatic carbocycles. The summed E-state index contributed by atoms with van der Waals surface area (Å²) >= 11 is 6.19. The number of hydrogen-bond acceptors (Lipinski definition) is 3. The number of benzene rings is 3. The van der Waals surface area contributed by atoms with Gasteiger partial charge >= 0.3 is 5.97 Å². The summed E-state index contributed by atoms with van der Waals surface area (Å²) in [6, 6.07) is 20.5. The highest BCUT2D eigenvalue weighted by atomic mass is 35.5. The van der Waals surface area contributed by atoms with Gasteiger partial charge in [-0.05, 0) is 42.8 Å². The van der Waals surface area contributed by atoms with Gasteiger partial charge in [-0.15, -0.1) is 0 Å². The van der Waals surface area contributed by atoms with Crippen molar-refractivity contribution in [3.05, 3.63) is 94.0 Å². The quantitative estimate of drug-likeness (QED) is 0.564. The number of carboxylic acid groups (broad SMARTS) is 1. The largest absolute Gasteiger partial charge is 0.488 e. The number of halogens is 1. The van der Waals surface area contributed by atoms with E-state index in [-0.39, 0.29) is 5.56 Å². The molecule has 0 bridgehead atoms. The van der Waals surface area contributed by atoms with Gasteiger partial charge in [0, 0.05) is 28.4 Å². The monoisotopic (exact) mass is 381 g/mol. The van der Waals surface area contributed by atoms with Gasteiger partial charge in [0.1, 0.15) is 12.4 Å². The summed E-state index contributed by atoms with van der Waals surface area (Å²) in [5, 5.41) is 13.1. The lowest BCUT2D eigenvalue weighted by Crippen LogP contribution is -2.05. The molecule has 5 heteroatoms. The van der Waals surface area contributed by atoms with Crippen LogP contribution >= 0.6 is 11.6 Å². The fourth-order valence-corrected chi connectivity index (χ4v) is 2.94. The number of anilines is 1. The molecular weight excluding hydrogens is 362 g/mol. The van der Waals surface area contributed by atoms with Crippen LogP contribution in [0.5, 0.6) is 5.75 Å². The zero-order chi connectivity index (χ0) is 19.2. The molecule has 3 rings (SSSR count). The van der Waals surface area contributed by atoms with Gasteiger partial charge in [-0.3, -0.25) is 0 Å². The lowest BCUT2D eigenvalue weighted by molar-refractivity contribution is 0.0697. The van der Waals surface area contributed by atoms with Crippen LogP contribution in [0.2, 0.25) is 5.02 Å². The summed E-state index contributed by atoms with van der Waals surface area (Å²) in [5.74, 6) is -0.146. The molecule has 0 saturated carbocycles. The van der Waals surface area contributed by atoms with E-state index in [0.29, 0.717) is 18.2 Å². The Morgan fingerprint density at radius 1 is 1.04 bits per heavy atom. The summed E-state index contributed by atoms with van der Waals surface area (Å²) in [7, 11) is 0. The molecule has 0 unspecified atom stereocenters. The van der Waals surface area contributed by atoms with Gasteiger partial charge in [0.25, 0.3) is 0 Å². The minimum Gasteiger partial charge on any atom is -0.488 e. The fraction of sp³-hybridized carbons (Fsp3) is 0.136. The SMILES string of the molecule is Cc1cc(C(=O)O)ccc1NCc1ccccc1OCc1ccccc1Cl. The zero-order valence-corrected chi connectivity index (χ0v) is 15.7. The fourth-order valence-electron chi connectivity index (χ4n) is 2.75. The third kappa shape index (κ3) is 4.80. The van der Waals surface area contributed by atoms with Crippen LogP contribution in [0, 0.1) is 6.92 Å². The molecule has 138 valence electrons. The Labute approximate surface area is 163 Å². The first kappa shape index (κ1) is 18.8. The molecule has 0 aliphatic rings. The molecule has 0 aliphatic heterocycles. The number of rotatable bonds is 7. The second kappa shape index (κ2) is 8.60. The maximum Gasteiger partial charge on any atom is 0.335 e. The van der Waals surface area contributed by atoms with E-state index in [4.69, 9.17) is 21.4 Å². The summed E-state index contributed by atoms with van der Waals surface area (Å²) in [6.45, 7) is 2.84. The van der Waals surface area contributed by atoms with Crippen LogP contribution in [0.15, 0.2) is 66.7 Å². The smallest absolute Gasteiger partial charge is 0.335 e. The summed E-state index contributed by atoms with van der Waals surface area (Å²) in [4.78, 5) is 11.1. The van der Waals surface area contributed by atoms with E-state index in [1.807, 2.05) is 55.5 Å². The van der Waals surface area contributed by atoms with Crippen LogP contribution in [0.4, 0.5) is 5.69 Å². The van der Waals surface area contributed by atoms with Crippen molar-refractivity contribution >= 4 is 23.3 Å². The van der Waals surface area contributed by atoms with Crippen LogP contribution in [0.25, 0.3) is 0 Å². The molecule has 3 aromatic rings. The van der Waals surface area contributed by atoms with Crippen LogP contribution in [0.1, 0.15) is 27.0 Å². The first-order valence-electron chi connectivity index (χ1n) is 8.56. The Morgan fingerprint density at radius 2 is 1.74 bits per heavy atom. The summed E-state index contributed by atoms with van der Waals surface area (Å²) < 4.78 is 5.97. The predicted molar refractivity (Wildman–Crippen MR) is 108 cm³/mol. The third-order valence-corrected chi connectivity index (χ3v) is 4.62. The van der Waals surface area contributed by atoms with Gasteiger partial charge in [0.15, 0.2) is 0 Å². The Kier molecular flexibility index (Phi) is 5.99. The normalized spacial score (nSPS) is 10.4. The lowest BCUT2D eigenvalue weighted by Gasteiger charge is -2.14. The van der Waals surface area contributed by atoms with E-state index >= 15 is 0 Å². The van der Waals surface area contributed by atoms with Crippen molar-refractivity contribution in [2.24, 2.45) is 0 Å². The van der Waals surface area contributed by atoms with Crippen molar-refractivity contribution in [1.82, 2.24) is 0 Å². The number of nitrogens with one attached hydrogen (secondary N) is 1. The third-order valence-electron chi connectivity index (χ3n) is 4.26. The standard InChI is InChI=1S/C22H20ClNO3/c1-15-12-16(22(25)26)10-11-20(15)24-13-17-6-3-5-9-21(17)27-14-18-7-2-4-8-19(18)23/h2-12,24H,13-14H2,1H3,(H,25,26). The maximum absolute atomic E-state index is 11.1. The van der Waals surface area contributed by atoms with Gasteiger partial charge < -0.3 is 15.2 Å². The highest BCUT2D eigenvalue weighted by Crippen LogP contribution is 2.24. The van der Waals surface area contributed by atoms with Crippen LogP contribution < -0.4 is 10.1 Å². The molecular formula is C22H20ClNO3. The minimum atomic E-state index is -0.928. The Balaban J connectivity index is 1.69. The molecule has 0 amide bonds. The van der Waals surface area contributed by atoms with E-state index in [0.717, 1.165) is 28.1 Å². The molecule has 4 nitrogen and oxygen atoms in total. The van der Waals surface area contributed by atoms with Crippen molar-refractivity contribution in [1.29, 1.82) is 0 Å². The number of aromatic carboxylic acids is 1. The van der Waals surface area contributed by atoms with Gasteiger partial charge in [-0.2, -0.15) is 0 Å². The number of ether oxygens (including phenoxy) is 1. The van der Waals surface area contributed by atoms with Crippen molar-refractivity contribution in [2.45, 2.75) is 20.1 Å². The minimum absolute atomic E-state index is 0.279. The summed E-state index contributed by atoms with van der Waals surface area (Å²) in [5.41, 5.74) is 3.99. The second-order valence-electron chi connectivity index (χ2n) is 6.18. The van der Waals surface area contributed by atoms with Crippen LogP contribution in [-0.2, 0) is 13.2 Å². The average Bonchev–Trinajstić information content (AvgIpc) is 2.67. The topological polar surface area (TPSA) is 58.6 Å². The average molecular weight is 382 g/mol. The Morgan fingerprint density at radius 3 is 2.44 bits per heavy atom. The molecule has 0 spiro atoms. The molecule has 0 aromatic heterocycles. The molecule has 0 fully saturated rings. The molecule has 0 radical (unpaired) electrons. The van der Waals surface area contributed by atoms with E-state index in [1.165, 1.54) is 0 Å². The summed E-state index contributed by atoms with van der Waals surface area (Å²) in [6.07, 6.45) is 0. The first-order chi connectivity index (χ1) is 13.0. The first-order valence-corrected chi connectivity index (χ1v) is 8.94. The van der Waals surface area contributed by atoms with Crippen LogP contribution in [0.3, 0.4) is 0 Å². The maximum atomic E-state index is 11.1. The number of hydrogen-bond donors (Lipinski definition) is 2. The van der Waals surface area contributed by atoms with Gasteiger partial charge in [0.05, 0.1) is 5.56 Å². The highest BCUT2D eigenvalue weighted by Gasteiger charge is 2.08. The molecule has 0 atom stereocenters. The van der Waals surface area contributed by atoms with Crippen molar-refractivity contribution in [3.63, 3.8) is 0 Å². The van der Waals surface area contributed by atoms with E-state index in [2.05, 4.69) is 5.32 Å². The molecule has 0 heterocycles. The molecule has 2 N–H and O–H groups in total. The van der Waals surface area contributed by atoms with Gasteiger partial charge in [-0.1, -0.05) is 48.0 Å². The number of para-hydroxylation sites is 1. The molecule has 0 saturated heterocycles. The van der Waals surface area contributed by atoms with E-state index < -0.39 is 5.97 Å². The Bertz CT molecular complexity index is 956. The molecule has 0 aliphatic carbocycles. The Hall–Kier alpha value is -2.98. The van der Waals surface area contributed by atoms with Crippen molar-refractivity contribution in [2.75, 3.05) is 5.32 Å². The number of carboxylic acids is 1.